The van der Waals surface area contributed by atoms with Gasteiger partial charge in [0.2, 0.25) is 0 Å². The third-order valence-electron chi connectivity index (χ3n) is 1.24. The molecule has 0 aliphatic heterocycles. The van der Waals surface area contributed by atoms with E-state index in [1.165, 1.54) is 0 Å². The van der Waals surface area contributed by atoms with Gasteiger partial charge in [0, 0.05) is 6.42 Å². The van der Waals surface area contributed by atoms with E-state index < -0.39 is 0 Å². The van der Waals surface area contributed by atoms with E-state index in [-0.39, 0.29) is 6.61 Å². The number of anilines is 1. The van der Waals surface area contributed by atoms with Gasteiger partial charge < -0.3 is 10.8 Å². The number of rotatable bonds is 1. The lowest BCUT2D eigenvalue weighted by atomic mass is 10.3. The van der Waals surface area contributed by atoms with Crippen LogP contribution in [0.2, 0.25) is 0 Å². The average Bonchev–Trinajstić information content (AvgIpc) is 2.09. The van der Waals surface area contributed by atoms with E-state index in [0.29, 0.717) is 17.8 Å². The van der Waals surface area contributed by atoms with Crippen LogP contribution in [0.15, 0.2) is 18.3 Å². The van der Waals surface area contributed by atoms with Crippen LogP contribution in [0.1, 0.15) is 12.1 Å². The van der Waals surface area contributed by atoms with Gasteiger partial charge in [-0.05, 0) is 18.1 Å². The summed E-state index contributed by atoms with van der Waals surface area (Å²) in [5.41, 5.74) is 6.74. The maximum atomic E-state index is 8.45. The maximum Gasteiger partial charge on any atom is 0.113 e. The highest BCUT2D eigenvalue weighted by molar-refractivity contribution is 5.38. The van der Waals surface area contributed by atoms with Crippen LogP contribution in [-0.2, 0) is 0 Å². The van der Waals surface area contributed by atoms with Crippen LogP contribution in [0.4, 0.5) is 5.69 Å². The fraction of sp³-hybridized carbons (Fsp3) is 0.222. The zero-order valence-electron chi connectivity index (χ0n) is 6.62. The molecule has 0 saturated heterocycles. The van der Waals surface area contributed by atoms with Crippen molar-refractivity contribution in [3.05, 3.63) is 24.0 Å². The fourth-order valence-electron chi connectivity index (χ4n) is 0.688. The Kier molecular flexibility index (Phi) is 3.12. The molecular formula is C9H10N2O. The van der Waals surface area contributed by atoms with E-state index in [0.717, 1.165) is 0 Å². The molecule has 0 saturated carbocycles. The number of nitrogens with two attached hydrogens (primary N) is 1. The molecule has 0 radical (unpaired) electrons. The van der Waals surface area contributed by atoms with Gasteiger partial charge in [0.05, 0.1) is 18.5 Å². The van der Waals surface area contributed by atoms with Crippen molar-refractivity contribution in [1.82, 2.24) is 4.98 Å². The lowest BCUT2D eigenvalue weighted by Gasteiger charge is -1.90. The zero-order valence-corrected chi connectivity index (χ0v) is 6.62. The van der Waals surface area contributed by atoms with Gasteiger partial charge in [-0.25, -0.2) is 4.98 Å². The van der Waals surface area contributed by atoms with Crippen molar-refractivity contribution in [3.63, 3.8) is 0 Å². The first-order chi connectivity index (χ1) is 5.83. The summed E-state index contributed by atoms with van der Waals surface area (Å²) in [4.78, 5) is 3.97. The molecule has 1 rings (SSSR count). The van der Waals surface area contributed by atoms with Crippen LogP contribution in [0.25, 0.3) is 0 Å². The van der Waals surface area contributed by atoms with Gasteiger partial charge in [-0.15, -0.1) is 0 Å². The first kappa shape index (κ1) is 8.57. The third kappa shape index (κ3) is 2.60. The lowest BCUT2D eigenvalue weighted by molar-refractivity contribution is 0.305. The molecule has 0 atom stereocenters. The second-order valence-corrected chi connectivity index (χ2v) is 2.25. The molecule has 1 aromatic heterocycles. The number of nitrogens with zero attached hydrogens (tertiary/aromatic N) is 1. The quantitative estimate of drug-likeness (QED) is 0.587. The highest BCUT2D eigenvalue weighted by Gasteiger charge is 1.86. The molecule has 0 fully saturated rings. The third-order valence-corrected chi connectivity index (χ3v) is 1.24. The summed E-state index contributed by atoms with van der Waals surface area (Å²) in [5, 5.41) is 8.45. The fourth-order valence-corrected chi connectivity index (χ4v) is 0.688. The van der Waals surface area contributed by atoms with Gasteiger partial charge >= 0.3 is 0 Å². The molecule has 1 heterocycles. The van der Waals surface area contributed by atoms with Gasteiger partial charge in [0.25, 0.3) is 0 Å². The van der Waals surface area contributed by atoms with Crippen molar-refractivity contribution in [3.8, 4) is 11.8 Å². The Morgan fingerprint density at radius 1 is 1.50 bits per heavy atom. The second kappa shape index (κ2) is 4.37. The van der Waals surface area contributed by atoms with Crippen LogP contribution in [0.3, 0.4) is 0 Å². The van der Waals surface area contributed by atoms with Gasteiger partial charge in [0.15, 0.2) is 0 Å². The second-order valence-electron chi connectivity index (χ2n) is 2.25. The Labute approximate surface area is 71.2 Å². The first-order valence-electron chi connectivity index (χ1n) is 3.64. The monoisotopic (exact) mass is 162 g/mol. The highest BCUT2D eigenvalue weighted by atomic mass is 16.2. The smallest absolute Gasteiger partial charge is 0.113 e. The molecule has 0 aliphatic carbocycles. The predicted molar refractivity (Wildman–Crippen MR) is 47.2 cm³/mol. The summed E-state index contributed by atoms with van der Waals surface area (Å²) in [6.07, 6.45) is 2.04. The number of aliphatic hydroxyl groups is 1. The molecule has 1 aromatic rings. The summed E-state index contributed by atoms with van der Waals surface area (Å²) in [5.74, 6) is 5.56. The zero-order chi connectivity index (χ0) is 8.81. The number of aromatic nitrogens is 1. The molecule has 62 valence electrons. The topological polar surface area (TPSA) is 59.1 Å². The Hall–Kier alpha value is -1.53. The van der Waals surface area contributed by atoms with Gasteiger partial charge in [-0.2, -0.15) is 0 Å². The van der Waals surface area contributed by atoms with Crippen molar-refractivity contribution >= 4 is 5.69 Å². The Morgan fingerprint density at radius 3 is 2.92 bits per heavy atom. The van der Waals surface area contributed by atoms with Crippen molar-refractivity contribution in [2.45, 2.75) is 6.42 Å². The van der Waals surface area contributed by atoms with Crippen molar-refractivity contribution in [2.75, 3.05) is 12.3 Å². The van der Waals surface area contributed by atoms with E-state index in [1.807, 2.05) is 0 Å². The van der Waals surface area contributed by atoms with Crippen molar-refractivity contribution < 1.29 is 5.11 Å². The van der Waals surface area contributed by atoms with E-state index in [9.17, 15) is 0 Å². The minimum Gasteiger partial charge on any atom is -0.397 e. The Balaban J connectivity index is 2.66. The van der Waals surface area contributed by atoms with E-state index in [4.69, 9.17) is 10.8 Å². The SMILES string of the molecule is Nc1ccc(C#CCCO)nc1. The number of hydrogen-bond acceptors (Lipinski definition) is 3. The lowest BCUT2D eigenvalue weighted by Crippen LogP contribution is -1.87. The molecular weight excluding hydrogens is 152 g/mol. The van der Waals surface area contributed by atoms with Crippen LogP contribution in [0, 0.1) is 11.8 Å². The van der Waals surface area contributed by atoms with Gasteiger partial charge in [-0.1, -0.05) is 5.92 Å². The van der Waals surface area contributed by atoms with Crippen molar-refractivity contribution in [1.29, 1.82) is 0 Å². The number of aliphatic hydroxyl groups excluding tert-OH is 1. The first-order valence-corrected chi connectivity index (χ1v) is 3.64. The Bertz CT molecular complexity index is 295. The summed E-state index contributed by atoms with van der Waals surface area (Å²) in [7, 11) is 0. The molecule has 0 amide bonds. The minimum atomic E-state index is 0.0853. The number of pyridine rings is 1. The summed E-state index contributed by atoms with van der Waals surface area (Å²) < 4.78 is 0. The van der Waals surface area contributed by atoms with E-state index in [1.54, 1.807) is 18.3 Å². The largest absolute Gasteiger partial charge is 0.397 e. The molecule has 0 spiro atoms. The molecule has 3 heteroatoms. The summed E-state index contributed by atoms with van der Waals surface area (Å²) in [6.45, 7) is 0.0853. The molecule has 12 heavy (non-hydrogen) atoms. The Morgan fingerprint density at radius 2 is 2.33 bits per heavy atom. The molecule has 0 aromatic carbocycles. The van der Waals surface area contributed by atoms with Crippen LogP contribution in [-0.4, -0.2) is 16.7 Å². The van der Waals surface area contributed by atoms with E-state index >= 15 is 0 Å². The highest BCUT2D eigenvalue weighted by Crippen LogP contribution is 1.98. The van der Waals surface area contributed by atoms with E-state index in [2.05, 4.69) is 16.8 Å². The molecule has 0 bridgehead atoms. The maximum absolute atomic E-state index is 8.45. The molecule has 0 unspecified atom stereocenters. The normalized spacial score (nSPS) is 8.75. The van der Waals surface area contributed by atoms with Crippen LogP contribution in [0.5, 0.6) is 0 Å². The van der Waals surface area contributed by atoms with Crippen molar-refractivity contribution in [2.24, 2.45) is 0 Å². The summed E-state index contributed by atoms with van der Waals surface area (Å²) >= 11 is 0. The van der Waals surface area contributed by atoms with Gasteiger partial charge in [0.1, 0.15) is 5.69 Å². The number of nitrogen functional groups attached to an aromatic ring is 1. The predicted octanol–water partition coefficient (Wildman–Crippen LogP) is 0.398. The van der Waals surface area contributed by atoms with Crippen LogP contribution < -0.4 is 5.73 Å². The minimum absolute atomic E-state index is 0.0853. The average molecular weight is 162 g/mol. The van der Waals surface area contributed by atoms with Gasteiger partial charge in [-0.3, -0.25) is 0 Å². The molecule has 0 aliphatic rings. The molecule has 3 N–H and O–H groups in total. The number of hydrogen-bond donors (Lipinski definition) is 2. The standard InChI is InChI=1S/C9H10N2O/c10-8-4-5-9(11-7-8)3-1-2-6-12/h4-5,7,12H,2,6,10H2. The van der Waals surface area contributed by atoms with Crippen LogP contribution >= 0.6 is 0 Å². The molecule has 3 nitrogen and oxygen atoms in total. The summed E-state index contributed by atoms with van der Waals surface area (Å²) in [6, 6.07) is 3.50.